The Morgan fingerprint density at radius 1 is 1.53 bits per heavy atom. The zero-order valence-electron chi connectivity index (χ0n) is 8.69. The van der Waals surface area contributed by atoms with Crippen molar-refractivity contribution in [1.29, 1.82) is 0 Å². The van der Waals surface area contributed by atoms with E-state index in [4.69, 9.17) is 10.3 Å². The first-order valence-corrected chi connectivity index (χ1v) is 4.76. The Kier molecular flexibility index (Phi) is 2.51. The highest BCUT2D eigenvalue weighted by Gasteiger charge is 2.12. The average Bonchev–Trinajstić information content (AvgIpc) is 2.62. The monoisotopic (exact) mass is 207 g/mol. The van der Waals surface area contributed by atoms with Crippen molar-refractivity contribution in [1.82, 2.24) is 15.1 Å². The van der Waals surface area contributed by atoms with E-state index >= 15 is 0 Å². The van der Waals surface area contributed by atoms with Gasteiger partial charge in [0.1, 0.15) is 17.5 Å². The second-order valence-corrected chi connectivity index (χ2v) is 3.45. The fourth-order valence-corrected chi connectivity index (χ4v) is 1.27. The quantitative estimate of drug-likeness (QED) is 0.769. The number of hydrogen-bond acceptors (Lipinski definition) is 6. The van der Waals surface area contributed by atoms with Gasteiger partial charge in [0.05, 0.1) is 0 Å². The number of hydrogen-bond donors (Lipinski definition) is 2. The maximum Gasteiger partial charge on any atom is 0.227 e. The van der Waals surface area contributed by atoms with E-state index < -0.39 is 0 Å². The van der Waals surface area contributed by atoms with Gasteiger partial charge in [0.25, 0.3) is 0 Å². The number of nitrogens with two attached hydrogens (primary N) is 1. The van der Waals surface area contributed by atoms with E-state index in [-0.39, 0.29) is 6.04 Å². The molecule has 2 aromatic heterocycles. The SMILES string of the molecule is Cc1noc2c(NC(C)CN)ncnc12. The Hall–Kier alpha value is -1.69. The molecule has 0 fully saturated rings. The predicted molar refractivity (Wildman–Crippen MR) is 56.5 cm³/mol. The Labute approximate surface area is 86.9 Å². The summed E-state index contributed by atoms with van der Waals surface area (Å²) in [6.45, 7) is 4.34. The summed E-state index contributed by atoms with van der Waals surface area (Å²) in [6.07, 6.45) is 1.48. The molecule has 6 nitrogen and oxygen atoms in total. The number of nitrogens with zero attached hydrogens (tertiary/aromatic N) is 3. The first kappa shape index (κ1) is 9.85. The number of rotatable bonds is 3. The van der Waals surface area contributed by atoms with Crippen LogP contribution in [0.5, 0.6) is 0 Å². The molecule has 0 saturated heterocycles. The van der Waals surface area contributed by atoms with Gasteiger partial charge in [-0.15, -0.1) is 0 Å². The van der Waals surface area contributed by atoms with Crippen molar-refractivity contribution in [3.63, 3.8) is 0 Å². The molecule has 1 unspecified atom stereocenters. The van der Waals surface area contributed by atoms with Crippen molar-refractivity contribution in [2.75, 3.05) is 11.9 Å². The third-order valence-electron chi connectivity index (χ3n) is 2.16. The number of anilines is 1. The van der Waals surface area contributed by atoms with Crippen LogP contribution in [0.25, 0.3) is 11.1 Å². The van der Waals surface area contributed by atoms with Crippen LogP contribution in [0.4, 0.5) is 5.82 Å². The summed E-state index contributed by atoms with van der Waals surface area (Å²) in [5.74, 6) is 0.638. The van der Waals surface area contributed by atoms with Crippen LogP contribution in [0.3, 0.4) is 0 Å². The summed E-state index contributed by atoms with van der Waals surface area (Å²) in [4.78, 5) is 8.19. The molecule has 0 aliphatic heterocycles. The lowest BCUT2D eigenvalue weighted by Crippen LogP contribution is -2.25. The van der Waals surface area contributed by atoms with E-state index in [1.807, 2.05) is 13.8 Å². The van der Waals surface area contributed by atoms with Crippen LogP contribution < -0.4 is 11.1 Å². The van der Waals surface area contributed by atoms with E-state index in [9.17, 15) is 0 Å². The van der Waals surface area contributed by atoms with Crippen molar-refractivity contribution in [2.24, 2.45) is 5.73 Å². The molecule has 0 radical (unpaired) electrons. The van der Waals surface area contributed by atoms with Crippen LogP contribution >= 0.6 is 0 Å². The van der Waals surface area contributed by atoms with Gasteiger partial charge in [-0.1, -0.05) is 5.16 Å². The Bertz CT molecular complexity index is 466. The topological polar surface area (TPSA) is 89.9 Å². The maximum absolute atomic E-state index is 5.52. The van der Waals surface area contributed by atoms with E-state index in [2.05, 4.69) is 20.4 Å². The van der Waals surface area contributed by atoms with Crippen LogP contribution in [-0.2, 0) is 0 Å². The lowest BCUT2D eigenvalue weighted by Gasteiger charge is -2.10. The Morgan fingerprint density at radius 2 is 2.33 bits per heavy atom. The normalized spacial score (nSPS) is 13.0. The highest BCUT2D eigenvalue weighted by Crippen LogP contribution is 2.21. The van der Waals surface area contributed by atoms with Crippen molar-refractivity contribution >= 4 is 16.9 Å². The van der Waals surface area contributed by atoms with Gasteiger partial charge in [-0.2, -0.15) is 0 Å². The van der Waals surface area contributed by atoms with Crippen LogP contribution in [-0.4, -0.2) is 27.7 Å². The van der Waals surface area contributed by atoms with Crippen LogP contribution in [0.1, 0.15) is 12.6 Å². The lowest BCUT2D eigenvalue weighted by molar-refractivity contribution is 0.450. The van der Waals surface area contributed by atoms with Crippen LogP contribution in [0, 0.1) is 6.92 Å². The summed E-state index contributed by atoms with van der Waals surface area (Å²) >= 11 is 0. The van der Waals surface area contributed by atoms with Gasteiger partial charge in [0.15, 0.2) is 5.82 Å². The van der Waals surface area contributed by atoms with E-state index in [1.54, 1.807) is 0 Å². The number of aromatic nitrogens is 3. The molecule has 0 saturated carbocycles. The predicted octanol–water partition coefficient (Wildman–Crippen LogP) is 0.685. The van der Waals surface area contributed by atoms with Gasteiger partial charge in [-0.05, 0) is 13.8 Å². The van der Waals surface area contributed by atoms with Gasteiger partial charge < -0.3 is 15.6 Å². The summed E-state index contributed by atoms with van der Waals surface area (Å²) in [7, 11) is 0. The molecular weight excluding hydrogens is 194 g/mol. The molecule has 0 amide bonds. The van der Waals surface area contributed by atoms with Gasteiger partial charge in [-0.3, -0.25) is 0 Å². The van der Waals surface area contributed by atoms with E-state index in [1.165, 1.54) is 6.33 Å². The second-order valence-electron chi connectivity index (χ2n) is 3.45. The molecule has 2 rings (SSSR count). The lowest BCUT2D eigenvalue weighted by atomic mass is 10.3. The van der Waals surface area contributed by atoms with Gasteiger partial charge in [0.2, 0.25) is 5.58 Å². The standard InChI is InChI=1S/C9H13N5O/c1-5(3-10)13-9-8-7(11-4-12-9)6(2)14-15-8/h4-5H,3,10H2,1-2H3,(H,11,12,13). The zero-order chi connectivity index (χ0) is 10.8. The average molecular weight is 207 g/mol. The molecule has 0 aliphatic carbocycles. The second kappa shape index (κ2) is 3.82. The molecule has 0 spiro atoms. The fourth-order valence-electron chi connectivity index (χ4n) is 1.27. The summed E-state index contributed by atoms with van der Waals surface area (Å²) in [5, 5.41) is 6.98. The molecule has 80 valence electrons. The maximum atomic E-state index is 5.52. The molecule has 2 heterocycles. The first-order valence-electron chi connectivity index (χ1n) is 4.76. The fraction of sp³-hybridized carbons (Fsp3) is 0.444. The Morgan fingerprint density at radius 3 is 3.07 bits per heavy atom. The van der Waals surface area contributed by atoms with Gasteiger partial charge >= 0.3 is 0 Å². The van der Waals surface area contributed by atoms with Gasteiger partial charge in [0, 0.05) is 12.6 Å². The molecule has 2 aromatic rings. The minimum absolute atomic E-state index is 0.133. The minimum atomic E-state index is 0.133. The molecule has 0 bridgehead atoms. The van der Waals surface area contributed by atoms with E-state index in [0.717, 1.165) is 11.2 Å². The first-order chi connectivity index (χ1) is 7.22. The molecule has 0 aliphatic rings. The van der Waals surface area contributed by atoms with Crippen molar-refractivity contribution < 1.29 is 4.52 Å². The molecule has 6 heteroatoms. The molecule has 1 atom stereocenters. The minimum Gasteiger partial charge on any atom is -0.363 e. The summed E-state index contributed by atoms with van der Waals surface area (Å²) < 4.78 is 5.15. The molecule has 0 aromatic carbocycles. The third kappa shape index (κ3) is 1.75. The van der Waals surface area contributed by atoms with Crippen LogP contribution in [0.2, 0.25) is 0 Å². The summed E-state index contributed by atoms with van der Waals surface area (Å²) in [6, 6.07) is 0.133. The third-order valence-corrected chi connectivity index (χ3v) is 2.16. The largest absolute Gasteiger partial charge is 0.363 e. The molecular formula is C9H13N5O. The zero-order valence-corrected chi connectivity index (χ0v) is 8.69. The number of fused-ring (bicyclic) bond motifs is 1. The highest BCUT2D eigenvalue weighted by atomic mass is 16.5. The molecule has 3 N–H and O–H groups in total. The summed E-state index contributed by atoms with van der Waals surface area (Å²) in [5.41, 5.74) is 7.59. The van der Waals surface area contributed by atoms with Crippen molar-refractivity contribution in [3.8, 4) is 0 Å². The highest BCUT2D eigenvalue weighted by molar-refractivity contribution is 5.84. The number of nitrogens with one attached hydrogen (secondary N) is 1. The van der Waals surface area contributed by atoms with Crippen LogP contribution in [0.15, 0.2) is 10.9 Å². The van der Waals surface area contributed by atoms with Crippen molar-refractivity contribution in [2.45, 2.75) is 19.9 Å². The van der Waals surface area contributed by atoms with E-state index in [0.29, 0.717) is 17.9 Å². The van der Waals surface area contributed by atoms with Crippen molar-refractivity contribution in [3.05, 3.63) is 12.0 Å². The number of aryl methyl sites for hydroxylation is 1. The molecule has 15 heavy (non-hydrogen) atoms. The Balaban J connectivity index is 2.43. The van der Waals surface area contributed by atoms with Gasteiger partial charge in [-0.25, -0.2) is 9.97 Å². The smallest absolute Gasteiger partial charge is 0.227 e.